The Kier molecular flexibility index (Phi) is 7.08. The number of aromatic hydroxyl groups is 1. The summed E-state index contributed by atoms with van der Waals surface area (Å²) in [6.45, 7) is 2.79. The van der Waals surface area contributed by atoms with Gasteiger partial charge in [0.25, 0.3) is 0 Å². The summed E-state index contributed by atoms with van der Waals surface area (Å²) in [7, 11) is 1.64. The maximum absolute atomic E-state index is 14.1. The van der Waals surface area contributed by atoms with Gasteiger partial charge < -0.3 is 19.8 Å². The molecule has 4 unspecified atom stereocenters. The van der Waals surface area contributed by atoms with Crippen molar-refractivity contribution in [2.45, 2.75) is 36.7 Å². The number of para-hydroxylation sites is 1. The number of carbonyl (C=O) groups excluding carboxylic acids is 1. The zero-order valence-corrected chi connectivity index (χ0v) is 23.6. The fraction of sp³-hybridized carbons (Fsp3) is 0.306. The second-order valence-corrected chi connectivity index (χ2v) is 11.6. The number of hydrogen-bond acceptors (Lipinski definition) is 4. The topological polar surface area (TPSA) is 70.0 Å². The molecule has 0 spiro atoms. The number of amides is 1. The number of carbonyl (C=O) groups is 1. The molecule has 1 saturated heterocycles. The van der Waals surface area contributed by atoms with Gasteiger partial charge in [-0.2, -0.15) is 0 Å². The number of phenols is 1. The summed E-state index contributed by atoms with van der Waals surface area (Å²) < 4.78 is 5.53. The standard InChI is InChI=1S/C36H37NO4/c1-25(30-18-9-10-19-33(30)38)34(39)37-23-31-32(24-37)36(40,28-16-11-17-29(22-28)41-2)21-20-35(31,26-12-5-3-6-13-26)27-14-7-4-8-15-27/h3-19,22,25,31-32,38,40H,20-21,23-24H2,1-2H3. The Hall–Kier alpha value is -4.09. The number of phenolic OH excluding ortho intramolecular Hbond substituents is 1. The molecular weight excluding hydrogens is 510 g/mol. The first-order valence-corrected chi connectivity index (χ1v) is 14.4. The number of likely N-dealkylation sites (tertiary alicyclic amines) is 1. The molecular formula is C36H37NO4. The van der Waals surface area contributed by atoms with Crippen molar-refractivity contribution in [1.29, 1.82) is 0 Å². The molecule has 1 saturated carbocycles. The Balaban J connectivity index is 1.48. The molecule has 4 aromatic rings. The number of nitrogens with zero attached hydrogens (tertiary/aromatic N) is 1. The van der Waals surface area contributed by atoms with E-state index in [1.807, 2.05) is 60.4 Å². The summed E-state index contributed by atoms with van der Waals surface area (Å²) >= 11 is 0. The van der Waals surface area contributed by atoms with E-state index in [4.69, 9.17) is 4.74 Å². The van der Waals surface area contributed by atoms with Crippen LogP contribution in [0.2, 0.25) is 0 Å². The highest BCUT2D eigenvalue weighted by Crippen LogP contribution is 2.59. The Morgan fingerprint density at radius 1 is 0.805 bits per heavy atom. The molecule has 41 heavy (non-hydrogen) atoms. The van der Waals surface area contributed by atoms with Crippen molar-refractivity contribution in [3.63, 3.8) is 0 Å². The largest absolute Gasteiger partial charge is 0.508 e. The van der Waals surface area contributed by atoms with Gasteiger partial charge in [0.05, 0.1) is 18.6 Å². The molecule has 1 aliphatic heterocycles. The van der Waals surface area contributed by atoms with Gasteiger partial charge in [-0.15, -0.1) is 0 Å². The van der Waals surface area contributed by atoms with Gasteiger partial charge in [0.15, 0.2) is 0 Å². The maximum Gasteiger partial charge on any atom is 0.229 e. The van der Waals surface area contributed by atoms with Crippen molar-refractivity contribution < 1.29 is 19.7 Å². The molecule has 1 amide bonds. The Morgan fingerprint density at radius 3 is 2.02 bits per heavy atom. The van der Waals surface area contributed by atoms with Crippen molar-refractivity contribution in [2.24, 2.45) is 11.8 Å². The Bertz CT molecular complexity index is 1480. The van der Waals surface area contributed by atoms with Crippen molar-refractivity contribution in [3.05, 3.63) is 131 Å². The molecule has 210 valence electrons. The third-order valence-electron chi connectivity index (χ3n) is 9.70. The second-order valence-electron chi connectivity index (χ2n) is 11.6. The number of rotatable bonds is 6. The number of fused-ring (bicyclic) bond motifs is 1. The molecule has 2 aliphatic rings. The minimum atomic E-state index is -1.14. The summed E-state index contributed by atoms with van der Waals surface area (Å²) in [6, 6.07) is 35.9. The molecule has 6 rings (SSSR count). The van der Waals surface area contributed by atoms with Crippen LogP contribution in [0, 0.1) is 11.8 Å². The van der Waals surface area contributed by atoms with Gasteiger partial charge in [-0.3, -0.25) is 4.79 Å². The van der Waals surface area contributed by atoms with Gasteiger partial charge in [0.2, 0.25) is 5.91 Å². The van der Waals surface area contributed by atoms with Crippen LogP contribution in [0.1, 0.15) is 47.9 Å². The van der Waals surface area contributed by atoms with Crippen LogP contribution in [0.15, 0.2) is 109 Å². The molecule has 2 N–H and O–H groups in total. The second kappa shape index (κ2) is 10.7. The number of benzene rings is 4. The van der Waals surface area contributed by atoms with Crippen molar-refractivity contribution in [3.8, 4) is 11.5 Å². The number of ether oxygens (including phenoxy) is 1. The van der Waals surface area contributed by atoms with Gasteiger partial charge in [0.1, 0.15) is 11.5 Å². The summed E-state index contributed by atoms with van der Waals surface area (Å²) in [5.41, 5.74) is 2.33. The third-order valence-corrected chi connectivity index (χ3v) is 9.70. The van der Waals surface area contributed by atoms with E-state index in [0.29, 0.717) is 30.8 Å². The smallest absolute Gasteiger partial charge is 0.229 e. The lowest BCUT2D eigenvalue weighted by atomic mass is 9.52. The Labute approximate surface area is 242 Å². The van der Waals surface area contributed by atoms with E-state index in [1.54, 1.807) is 19.2 Å². The summed E-state index contributed by atoms with van der Waals surface area (Å²) in [4.78, 5) is 16.0. The van der Waals surface area contributed by atoms with Crippen LogP contribution >= 0.6 is 0 Å². The molecule has 0 aromatic heterocycles. The highest BCUT2D eigenvalue weighted by molar-refractivity contribution is 5.84. The highest BCUT2D eigenvalue weighted by Gasteiger charge is 2.61. The van der Waals surface area contributed by atoms with Crippen LogP contribution in [-0.2, 0) is 15.8 Å². The lowest BCUT2D eigenvalue weighted by Crippen LogP contribution is -2.53. The SMILES string of the molecule is COc1cccc(C2(O)CCC(c3ccccc3)(c3ccccc3)C3CN(C(=O)C(C)c4ccccc4O)CC32)c1. The zero-order valence-electron chi connectivity index (χ0n) is 23.6. The number of hydrogen-bond donors (Lipinski definition) is 2. The molecule has 5 heteroatoms. The lowest BCUT2D eigenvalue weighted by molar-refractivity contribution is -0.132. The average Bonchev–Trinajstić information content (AvgIpc) is 3.49. The Morgan fingerprint density at radius 2 is 1.39 bits per heavy atom. The van der Waals surface area contributed by atoms with E-state index in [-0.39, 0.29) is 28.9 Å². The lowest BCUT2D eigenvalue weighted by Gasteiger charge is -2.52. The summed E-state index contributed by atoms with van der Waals surface area (Å²) in [5, 5.41) is 23.1. The quantitative estimate of drug-likeness (QED) is 0.300. The van der Waals surface area contributed by atoms with Crippen molar-refractivity contribution in [2.75, 3.05) is 20.2 Å². The van der Waals surface area contributed by atoms with Crippen LogP contribution in [0.25, 0.3) is 0 Å². The molecule has 4 aromatic carbocycles. The van der Waals surface area contributed by atoms with Gasteiger partial charge in [0, 0.05) is 30.0 Å². The van der Waals surface area contributed by atoms with Crippen LogP contribution in [0.3, 0.4) is 0 Å². The van der Waals surface area contributed by atoms with Crippen LogP contribution < -0.4 is 4.74 Å². The van der Waals surface area contributed by atoms with Gasteiger partial charge >= 0.3 is 0 Å². The molecule has 4 atom stereocenters. The molecule has 2 fully saturated rings. The highest BCUT2D eigenvalue weighted by atomic mass is 16.5. The normalized spacial score (nSPS) is 23.9. The third kappa shape index (κ3) is 4.49. The molecule has 1 aliphatic carbocycles. The van der Waals surface area contributed by atoms with E-state index < -0.39 is 11.5 Å². The minimum absolute atomic E-state index is 0.0380. The van der Waals surface area contributed by atoms with Gasteiger partial charge in [-0.25, -0.2) is 0 Å². The molecule has 0 bridgehead atoms. The first-order valence-electron chi connectivity index (χ1n) is 14.4. The number of aliphatic hydroxyl groups is 1. The van der Waals surface area contributed by atoms with E-state index >= 15 is 0 Å². The van der Waals surface area contributed by atoms with E-state index in [0.717, 1.165) is 12.0 Å². The average molecular weight is 548 g/mol. The fourth-order valence-electron chi connectivity index (χ4n) is 7.59. The predicted octanol–water partition coefficient (Wildman–Crippen LogP) is 6.25. The summed E-state index contributed by atoms with van der Waals surface area (Å²) in [5.74, 6) is 0.0189. The van der Waals surface area contributed by atoms with E-state index in [9.17, 15) is 15.0 Å². The summed E-state index contributed by atoms with van der Waals surface area (Å²) in [6.07, 6.45) is 1.27. The molecule has 0 radical (unpaired) electrons. The fourth-order valence-corrected chi connectivity index (χ4v) is 7.59. The molecule has 1 heterocycles. The van der Waals surface area contributed by atoms with Crippen LogP contribution in [-0.4, -0.2) is 41.2 Å². The van der Waals surface area contributed by atoms with E-state index in [1.165, 1.54) is 11.1 Å². The first-order chi connectivity index (χ1) is 19.9. The monoisotopic (exact) mass is 547 g/mol. The van der Waals surface area contributed by atoms with Crippen molar-refractivity contribution in [1.82, 2.24) is 4.90 Å². The van der Waals surface area contributed by atoms with Crippen LogP contribution in [0.4, 0.5) is 0 Å². The number of methoxy groups -OCH3 is 1. The predicted molar refractivity (Wildman–Crippen MR) is 160 cm³/mol. The van der Waals surface area contributed by atoms with Crippen molar-refractivity contribution >= 4 is 5.91 Å². The first kappa shape index (κ1) is 27.1. The molecule has 5 nitrogen and oxygen atoms in total. The zero-order chi connectivity index (χ0) is 28.6. The van der Waals surface area contributed by atoms with Gasteiger partial charge in [-0.05, 0) is 60.6 Å². The van der Waals surface area contributed by atoms with Gasteiger partial charge in [-0.1, -0.05) is 91.0 Å². The van der Waals surface area contributed by atoms with Crippen LogP contribution in [0.5, 0.6) is 11.5 Å². The minimum Gasteiger partial charge on any atom is -0.508 e. The maximum atomic E-state index is 14.1. The van der Waals surface area contributed by atoms with E-state index in [2.05, 4.69) is 48.5 Å².